The molecule has 0 radical (unpaired) electrons. The lowest BCUT2D eigenvalue weighted by Gasteiger charge is -2.28. The largest absolute Gasteiger partial charge is 0.490 e. The number of rotatable bonds is 13. The van der Waals surface area contributed by atoms with Crippen LogP contribution in [-0.4, -0.2) is 49.9 Å². The molecule has 46 heavy (non-hydrogen) atoms. The number of carbonyl (C=O) groups is 2. The highest BCUT2D eigenvalue weighted by molar-refractivity contribution is 6.36. The Bertz CT molecular complexity index is 1710. The molecule has 2 atom stereocenters. The van der Waals surface area contributed by atoms with Crippen LogP contribution in [0.5, 0.6) is 17.2 Å². The van der Waals surface area contributed by atoms with Crippen molar-refractivity contribution in [1.29, 1.82) is 5.26 Å². The van der Waals surface area contributed by atoms with E-state index in [-0.39, 0.29) is 23.8 Å². The first-order valence-corrected chi connectivity index (χ1v) is 14.7. The van der Waals surface area contributed by atoms with E-state index >= 15 is 0 Å². The van der Waals surface area contributed by atoms with Gasteiger partial charge in [-0.3, -0.25) is 5.43 Å². The van der Waals surface area contributed by atoms with E-state index in [1.807, 2.05) is 0 Å². The van der Waals surface area contributed by atoms with Gasteiger partial charge >= 0.3 is 12.0 Å². The zero-order chi connectivity index (χ0) is 33.2. The minimum Gasteiger partial charge on any atom is -0.490 e. The van der Waals surface area contributed by atoms with Crippen LogP contribution in [0.3, 0.4) is 0 Å². The number of ether oxygens (including phenoxy) is 4. The van der Waals surface area contributed by atoms with Gasteiger partial charge in [-0.05, 0) is 49.7 Å². The fourth-order valence-electron chi connectivity index (χ4n) is 4.55. The van der Waals surface area contributed by atoms with Crippen LogP contribution < -0.4 is 30.3 Å². The summed E-state index contributed by atoms with van der Waals surface area (Å²) in [4.78, 5) is 24.6. The number of nitrogens with one attached hydrogen (secondary N) is 3. The van der Waals surface area contributed by atoms with E-state index in [9.17, 15) is 20.0 Å². The molecule has 14 heteroatoms. The molecule has 0 bridgehead atoms. The number of esters is 1. The second kappa shape index (κ2) is 15.9. The summed E-state index contributed by atoms with van der Waals surface area (Å²) in [5.41, 5.74) is 5.34. The number of nitrogens with zero attached hydrogens (tertiary/aromatic N) is 2. The van der Waals surface area contributed by atoms with Crippen molar-refractivity contribution in [2.75, 3.05) is 20.3 Å². The van der Waals surface area contributed by atoms with E-state index in [4.69, 9.17) is 42.1 Å². The molecule has 240 valence electrons. The van der Waals surface area contributed by atoms with Gasteiger partial charge in [0, 0.05) is 21.8 Å². The highest BCUT2D eigenvalue weighted by Crippen LogP contribution is 2.35. The maximum atomic E-state index is 12.5. The van der Waals surface area contributed by atoms with E-state index in [0.717, 1.165) is 0 Å². The van der Waals surface area contributed by atoms with Gasteiger partial charge in [0.05, 0.1) is 48.2 Å². The third kappa shape index (κ3) is 8.39. The molecule has 0 spiro atoms. The minimum atomic E-state index is -1.24. The van der Waals surface area contributed by atoms with Crippen LogP contribution in [0.1, 0.15) is 42.1 Å². The Balaban J connectivity index is 1.43. The third-order valence-electron chi connectivity index (χ3n) is 6.65. The number of aliphatic hydroxyl groups is 1. The lowest BCUT2D eigenvalue weighted by Crippen LogP contribution is -2.45. The summed E-state index contributed by atoms with van der Waals surface area (Å²) in [5, 5.41) is 29.9. The van der Waals surface area contributed by atoms with Crippen molar-refractivity contribution in [2.45, 2.75) is 32.7 Å². The van der Waals surface area contributed by atoms with E-state index in [1.54, 1.807) is 62.4 Å². The second-order valence-corrected chi connectivity index (χ2v) is 10.6. The Kier molecular flexibility index (Phi) is 11.7. The number of hydrogen-bond donors (Lipinski definition) is 4. The summed E-state index contributed by atoms with van der Waals surface area (Å²) in [6.45, 7) is 3.57. The average molecular weight is 669 g/mol. The standard InChI is InChI=1S/C32H31Cl2N5O7/c1-4-44-26-12-19(29-28(31(41)43-3)18(2)37-32(42)38-29)9-10-25(26)45-17-27(40)39-36-15-22-11-23(33)13-24(34)30(22)46-16-21-8-6-5-7-20(21)14-35/h5-13,15,27,29,39-40H,4,16-17H2,1-3H3,(H2,37,38,42)/b36-15+/t27-,29+/m1/s1. The highest BCUT2D eigenvalue weighted by Gasteiger charge is 2.32. The zero-order valence-electron chi connectivity index (χ0n) is 25.1. The third-order valence-corrected chi connectivity index (χ3v) is 7.15. The van der Waals surface area contributed by atoms with E-state index in [0.29, 0.717) is 56.8 Å². The molecule has 1 aliphatic rings. The molecule has 1 heterocycles. The van der Waals surface area contributed by atoms with Gasteiger partial charge < -0.3 is 34.7 Å². The quantitative estimate of drug-likeness (QED) is 0.0853. The van der Waals surface area contributed by atoms with Crippen LogP contribution in [0.2, 0.25) is 10.0 Å². The number of benzene rings is 3. The van der Waals surface area contributed by atoms with Crippen LogP contribution in [0.4, 0.5) is 4.79 Å². The monoisotopic (exact) mass is 667 g/mol. The second-order valence-electron chi connectivity index (χ2n) is 9.78. The Hall–Kier alpha value is -4.96. The average Bonchev–Trinajstić information content (AvgIpc) is 3.03. The maximum Gasteiger partial charge on any atom is 0.337 e. The molecular formula is C32H31Cl2N5O7. The Morgan fingerprint density at radius 2 is 1.93 bits per heavy atom. The molecule has 4 N–H and O–H groups in total. The number of amides is 2. The molecule has 2 amide bonds. The molecule has 0 aliphatic carbocycles. The molecule has 3 aromatic carbocycles. The number of aliphatic hydroxyl groups excluding tert-OH is 1. The summed E-state index contributed by atoms with van der Waals surface area (Å²) < 4.78 is 22.4. The zero-order valence-corrected chi connectivity index (χ0v) is 26.6. The molecule has 0 saturated heterocycles. The molecule has 4 rings (SSSR count). The maximum absolute atomic E-state index is 12.5. The van der Waals surface area contributed by atoms with Crippen molar-refractivity contribution >= 4 is 41.4 Å². The number of halogens is 2. The van der Waals surface area contributed by atoms with Crippen molar-refractivity contribution in [3.05, 3.63) is 98.2 Å². The fourth-order valence-corrected chi connectivity index (χ4v) is 5.11. The normalized spacial score (nSPS) is 15.0. The molecule has 0 unspecified atom stereocenters. The SMILES string of the molecule is CCOc1cc([C@@H]2NC(=O)NC(C)=C2C(=O)OC)ccc1OC[C@@H](O)N/N=C/c1cc(Cl)cc(Cl)c1OCc1ccccc1C#N. The van der Waals surface area contributed by atoms with Gasteiger partial charge in [-0.25, -0.2) is 9.59 Å². The fraction of sp³-hybridized carbons (Fsp3) is 0.250. The van der Waals surface area contributed by atoms with Gasteiger partial charge in [0.2, 0.25) is 0 Å². The minimum absolute atomic E-state index is 0.0840. The van der Waals surface area contributed by atoms with Gasteiger partial charge in [0.1, 0.15) is 19.0 Å². The Morgan fingerprint density at radius 1 is 1.15 bits per heavy atom. The molecule has 0 fully saturated rings. The number of hydrazone groups is 1. The first-order chi connectivity index (χ1) is 22.1. The lowest BCUT2D eigenvalue weighted by atomic mass is 9.95. The summed E-state index contributed by atoms with van der Waals surface area (Å²) in [6, 6.07) is 15.9. The molecule has 0 aromatic heterocycles. The van der Waals surface area contributed by atoms with Gasteiger partial charge in [0.25, 0.3) is 0 Å². The van der Waals surface area contributed by atoms with Crippen molar-refractivity contribution in [3.8, 4) is 23.3 Å². The lowest BCUT2D eigenvalue weighted by molar-refractivity contribution is -0.136. The van der Waals surface area contributed by atoms with E-state index in [2.05, 4.69) is 27.2 Å². The summed E-state index contributed by atoms with van der Waals surface area (Å²) in [7, 11) is 1.26. The van der Waals surface area contributed by atoms with Crippen molar-refractivity contribution in [2.24, 2.45) is 5.10 Å². The van der Waals surface area contributed by atoms with Crippen LogP contribution in [-0.2, 0) is 16.1 Å². The van der Waals surface area contributed by atoms with Crippen LogP contribution in [0.15, 0.2) is 71.0 Å². The van der Waals surface area contributed by atoms with Crippen LogP contribution in [0, 0.1) is 11.3 Å². The van der Waals surface area contributed by atoms with Crippen molar-refractivity contribution in [1.82, 2.24) is 16.1 Å². The summed E-state index contributed by atoms with van der Waals surface area (Å²) >= 11 is 12.6. The molecule has 0 saturated carbocycles. The summed E-state index contributed by atoms with van der Waals surface area (Å²) in [5.74, 6) is 0.345. The van der Waals surface area contributed by atoms with Gasteiger partial charge in [-0.2, -0.15) is 10.4 Å². The smallest absolute Gasteiger partial charge is 0.337 e. The molecule has 1 aliphatic heterocycles. The first-order valence-electron chi connectivity index (χ1n) is 14.0. The molecule has 12 nitrogen and oxygen atoms in total. The van der Waals surface area contributed by atoms with Crippen molar-refractivity contribution < 1.29 is 33.6 Å². The summed E-state index contributed by atoms with van der Waals surface area (Å²) in [6.07, 6.45) is 0.140. The number of methoxy groups -OCH3 is 1. The van der Waals surface area contributed by atoms with Gasteiger partial charge in [-0.15, -0.1) is 0 Å². The number of urea groups is 1. The first kappa shape index (κ1) is 33.9. The Labute approximate surface area is 275 Å². The molecule has 3 aromatic rings. The van der Waals surface area contributed by atoms with E-state index < -0.39 is 24.3 Å². The van der Waals surface area contributed by atoms with Gasteiger partial charge in [0.15, 0.2) is 17.7 Å². The predicted octanol–water partition coefficient (Wildman–Crippen LogP) is 4.96. The number of nitriles is 1. The number of allylic oxidation sites excluding steroid dienone is 1. The van der Waals surface area contributed by atoms with Crippen LogP contribution >= 0.6 is 23.2 Å². The number of hydrogen-bond acceptors (Lipinski definition) is 10. The highest BCUT2D eigenvalue weighted by atomic mass is 35.5. The number of carbonyl (C=O) groups excluding carboxylic acids is 2. The molecular weight excluding hydrogens is 637 g/mol. The van der Waals surface area contributed by atoms with Crippen molar-refractivity contribution in [3.63, 3.8) is 0 Å². The van der Waals surface area contributed by atoms with Crippen LogP contribution in [0.25, 0.3) is 0 Å². The van der Waals surface area contributed by atoms with E-state index in [1.165, 1.54) is 19.4 Å². The predicted molar refractivity (Wildman–Crippen MR) is 171 cm³/mol. The Morgan fingerprint density at radius 3 is 2.67 bits per heavy atom. The van der Waals surface area contributed by atoms with Gasteiger partial charge in [-0.1, -0.05) is 47.5 Å². The topological polar surface area (TPSA) is 164 Å².